The lowest BCUT2D eigenvalue weighted by Gasteiger charge is -2.07. The molecule has 6 heteroatoms. The lowest BCUT2D eigenvalue weighted by Crippen LogP contribution is -2.22. The summed E-state index contributed by atoms with van der Waals surface area (Å²) in [6.45, 7) is 0. The zero-order valence-electron chi connectivity index (χ0n) is 11.9. The molecule has 0 saturated carbocycles. The van der Waals surface area contributed by atoms with Gasteiger partial charge in [-0.25, -0.2) is 0 Å². The van der Waals surface area contributed by atoms with Crippen LogP contribution in [0.3, 0.4) is 0 Å². The molecule has 3 rings (SSSR count). The summed E-state index contributed by atoms with van der Waals surface area (Å²) >= 11 is 3.33. The number of pyridine rings is 2. The Morgan fingerprint density at radius 2 is 1.74 bits per heavy atom. The third kappa shape index (κ3) is 3.54. The molecule has 0 aliphatic heterocycles. The van der Waals surface area contributed by atoms with Crippen LogP contribution in [-0.2, 0) is 0 Å². The largest absolute Gasteiger partial charge is 0.328 e. The predicted molar refractivity (Wildman–Crippen MR) is 92.4 cm³/mol. The highest BCUT2D eigenvalue weighted by Crippen LogP contribution is 2.18. The summed E-state index contributed by atoms with van der Waals surface area (Å²) in [7, 11) is 0. The Labute approximate surface area is 140 Å². The van der Waals surface area contributed by atoms with Crippen molar-refractivity contribution in [2.45, 2.75) is 0 Å². The quantitative estimate of drug-likeness (QED) is 0.742. The van der Waals surface area contributed by atoms with Gasteiger partial charge in [-0.05, 0) is 53.6 Å². The van der Waals surface area contributed by atoms with Crippen molar-refractivity contribution < 1.29 is 4.79 Å². The molecule has 1 aromatic carbocycles. The van der Waals surface area contributed by atoms with Gasteiger partial charge >= 0.3 is 0 Å². The Hall–Kier alpha value is -2.73. The molecule has 1 amide bonds. The van der Waals surface area contributed by atoms with E-state index in [1.807, 2.05) is 24.3 Å². The van der Waals surface area contributed by atoms with Crippen LogP contribution in [0.1, 0.15) is 10.4 Å². The molecule has 0 saturated heterocycles. The van der Waals surface area contributed by atoms with Crippen molar-refractivity contribution in [3.05, 3.63) is 81.4 Å². The van der Waals surface area contributed by atoms with E-state index in [0.717, 1.165) is 15.6 Å². The highest BCUT2D eigenvalue weighted by atomic mass is 79.9. The van der Waals surface area contributed by atoms with Gasteiger partial charge in [0.2, 0.25) is 0 Å². The number of benzene rings is 1. The fraction of sp³-hybridized carbons (Fsp3) is 0. The minimum Gasteiger partial charge on any atom is -0.328 e. The van der Waals surface area contributed by atoms with Crippen LogP contribution in [0.5, 0.6) is 0 Å². The maximum Gasteiger partial charge on any atom is 0.261 e. The molecule has 5 nitrogen and oxygen atoms in total. The summed E-state index contributed by atoms with van der Waals surface area (Å²) in [6.07, 6.45) is 4.89. The SMILES string of the molecule is O=C(Nc1ccc(Br)cc1)c1cc(-c2ccncc2)c[nH]c1=O. The fourth-order valence-electron chi connectivity index (χ4n) is 2.10. The Bertz CT molecular complexity index is 890. The number of carbonyl (C=O) groups excluding carboxylic acids is 1. The molecule has 0 radical (unpaired) electrons. The Morgan fingerprint density at radius 3 is 2.43 bits per heavy atom. The molecule has 2 heterocycles. The van der Waals surface area contributed by atoms with Gasteiger partial charge < -0.3 is 10.3 Å². The van der Waals surface area contributed by atoms with Crippen molar-refractivity contribution in [1.82, 2.24) is 9.97 Å². The zero-order chi connectivity index (χ0) is 16.2. The van der Waals surface area contributed by atoms with Crippen molar-refractivity contribution in [2.75, 3.05) is 5.32 Å². The maximum absolute atomic E-state index is 12.3. The van der Waals surface area contributed by atoms with E-state index >= 15 is 0 Å². The van der Waals surface area contributed by atoms with Gasteiger partial charge in [-0.1, -0.05) is 15.9 Å². The molecule has 0 spiro atoms. The molecule has 2 aromatic heterocycles. The fourth-order valence-corrected chi connectivity index (χ4v) is 2.36. The first-order chi connectivity index (χ1) is 11.1. The van der Waals surface area contributed by atoms with Crippen LogP contribution >= 0.6 is 15.9 Å². The summed E-state index contributed by atoms with van der Waals surface area (Å²) in [4.78, 5) is 30.9. The number of aromatic amines is 1. The van der Waals surface area contributed by atoms with Gasteiger partial charge in [-0.15, -0.1) is 0 Å². The van der Waals surface area contributed by atoms with E-state index in [1.165, 1.54) is 0 Å². The van der Waals surface area contributed by atoms with Crippen LogP contribution in [0.15, 0.2) is 70.3 Å². The molecule has 0 aliphatic carbocycles. The molecular weight excluding hydrogens is 358 g/mol. The zero-order valence-corrected chi connectivity index (χ0v) is 13.5. The number of amides is 1. The van der Waals surface area contributed by atoms with Crippen molar-refractivity contribution >= 4 is 27.5 Å². The van der Waals surface area contributed by atoms with E-state index in [2.05, 4.69) is 31.2 Å². The van der Waals surface area contributed by atoms with Gasteiger partial charge in [0.05, 0.1) is 0 Å². The molecule has 23 heavy (non-hydrogen) atoms. The highest BCUT2D eigenvalue weighted by molar-refractivity contribution is 9.10. The molecule has 0 atom stereocenters. The van der Waals surface area contributed by atoms with Crippen LogP contribution in [0.25, 0.3) is 11.1 Å². The average Bonchev–Trinajstić information content (AvgIpc) is 2.58. The van der Waals surface area contributed by atoms with Crippen molar-refractivity contribution in [2.24, 2.45) is 0 Å². The van der Waals surface area contributed by atoms with E-state index in [0.29, 0.717) is 5.69 Å². The number of carbonyl (C=O) groups is 1. The summed E-state index contributed by atoms with van der Waals surface area (Å²) in [5.41, 5.74) is 1.86. The van der Waals surface area contributed by atoms with Gasteiger partial charge in [0.25, 0.3) is 11.5 Å². The second-order valence-corrected chi connectivity index (χ2v) is 5.74. The molecular formula is C17H12BrN3O2. The minimum absolute atomic E-state index is 0.0576. The number of halogens is 1. The normalized spacial score (nSPS) is 10.3. The van der Waals surface area contributed by atoms with Crippen LogP contribution in [-0.4, -0.2) is 15.9 Å². The standard InChI is InChI=1S/C17H12BrN3O2/c18-13-1-3-14(4-2-13)21-17(23)15-9-12(10-20-16(15)22)11-5-7-19-8-6-11/h1-10H,(H,20,22)(H,21,23). The van der Waals surface area contributed by atoms with Gasteiger partial charge in [0, 0.05) is 28.8 Å². The Morgan fingerprint density at radius 1 is 1.04 bits per heavy atom. The first-order valence-electron chi connectivity index (χ1n) is 6.83. The van der Waals surface area contributed by atoms with Crippen LogP contribution in [0.4, 0.5) is 5.69 Å². The molecule has 2 N–H and O–H groups in total. The summed E-state index contributed by atoms with van der Waals surface area (Å²) < 4.78 is 0.910. The van der Waals surface area contributed by atoms with E-state index < -0.39 is 11.5 Å². The molecule has 0 unspecified atom stereocenters. The first kappa shape index (κ1) is 15.2. The summed E-state index contributed by atoms with van der Waals surface area (Å²) in [5, 5.41) is 2.71. The van der Waals surface area contributed by atoms with Crippen molar-refractivity contribution in [1.29, 1.82) is 0 Å². The number of aromatic nitrogens is 2. The Balaban J connectivity index is 1.91. The number of rotatable bonds is 3. The summed E-state index contributed by atoms with van der Waals surface area (Å²) in [6, 6.07) is 12.3. The van der Waals surface area contributed by atoms with Gasteiger partial charge in [0.15, 0.2) is 0 Å². The summed E-state index contributed by atoms with van der Waals surface area (Å²) in [5.74, 6) is -0.454. The maximum atomic E-state index is 12.3. The monoisotopic (exact) mass is 369 g/mol. The minimum atomic E-state index is -0.454. The van der Waals surface area contributed by atoms with Crippen molar-refractivity contribution in [3.63, 3.8) is 0 Å². The van der Waals surface area contributed by atoms with E-state index in [9.17, 15) is 9.59 Å². The van der Waals surface area contributed by atoms with Crippen LogP contribution < -0.4 is 10.9 Å². The smallest absolute Gasteiger partial charge is 0.261 e. The number of hydrogen-bond donors (Lipinski definition) is 2. The van der Waals surface area contributed by atoms with E-state index in [1.54, 1.807) is 36.8 Å². The predicted octanol–water partition coefficient (Wildman–Crippen LogP) is 3.45. The lowest BCUT2D eigenvalue weighted by molar-refractivity contribution is 0.102. The molecule has 0 aliphatic rings. The number of H-pyrrole nitrogens is 1. The first-order valence-corrected chi connectivity index (χ1v) is 7.63. The second-order valence-electron chi connectivity index (χ2n) is 4.83. The van der Waals surface area contributed by atoms with Crippen molar-refractivity contribution in [3.8, 4) is 11.1 Å². The number of hydrogen-bond acceptors (Lipinski definition) is 3. The number of nitrogens with zero attached hydrogens (tertiary/aromatic N) is 1. The molecule has 0 fully saturated rings. The van der Waals surface area contributed by atoms with Gasteiger partial charge in [-0.3, -0.25) is 14.6 Å². The van der Waals surface area contributed by atoms with Crippen LogP contribution in [0, 0.1) is 0 Å². The van der Waals surface area contributed by atoms with Crippen LogP contribution in [0.2, 0.25) is 0 Å². The van der Waals surface area contributed by atoms with Gasteiger partial charge in [0.1, 0.15) is 5.56 Å². The highest BCUT2D eigenvalue weighted by Gasteiger charge is 2.12. The topological polar surface area (TPSA) is 74.8 Å². The van der Waals surface area contributed by atoms with E-state index in [-0.39, 0.29) is 5.56 Å². The average molecular weight is 370 g/mol. The lowest BCUT2D eigenvalue weighted by atomic mass is 10.1. The third-order valence-corrected chi connectivity index (χ3v) is 3.79. The van der Waals surface area contributed by atoms with E-state index in [4.69, 9.17) is 0 Å². The molecule has 114 valence electrons. The third-order valence-electron chi connectivity index (χ3n) is 3.26. The molecule has 3 aromatic rings. The molecule has 0 bridgehead atoms. The number of anilines is 1. The second kappa shape index (κ2) is 6.58. The Kier molecular flexibility index (Phi) is 4.34. The van der Waals surface area contributed by atoms with Gasteiger partial charge in [-0.2, -0.15) is 0 Å². The number of nitrogens with one attached hydrogen (secondary N) is 2.